The van der Waals surface area contributed by atoms with Crippen LogP contribution in [0.15, 0.2) is 23.8 Å². The molecule has 0 saturated heterocycles. The Balaban J connectivity index is 2.16. The summed E-state index contributed by atoms with van der Waals surface area (Å²) in [5.41, 5.74) is 0.830. The van der Waals surface area contributed by atoms with E-state index >= 15 is 0 Å². The first-order valence-electron chi connectivity index (χ1n) is 8.84. The highest BCUT2D eigenvalue weighted by Gasteiger charge is 2.19. The summed E-state index contributed by atoms with van der Waals surface area (Å²) >= 11 is 0. The van der Waals surface area contributed by atoms with Gasteiger partial charge in [-0.25, -0.2) is 0 Å². The van der Waals surface area contributed by atoms with Crippen molar-refractivity contribution in [3.05, 3.63) is 29.3 Å². The van der Waals surface area contributed by atoms with Gasteiger partial charge in [-0.1, -0.05) is 25.8 Å². The third-order valence-corrected chi connectivity index (χ3v) is 4.46. The van der Waals surface area contributed by atoms with Gasteiger partial charge in [0.15, 0.2) is 11.5 Å². The standard InChI is InChI=1S/C20H26N2O3/c1-4-14(2)25-18-10-9-15(12-19(18)24-3)11-16(13-21)20(23)22-17-7-5-6-8-17/h9-12,14,17H,4-8H2,1-3H3,(H,22,23)/b16-11-/t14-/m1/s1. The van der Waals surface area contributed by atoms with Gasteiger partial charge in [-0.05, 0) is 50.0 Å². The molecule has 1 aliphatic rings. The number of rotatable bonds is 7. The second-order valence-electron chi connectivity index (χ2n) is 6.37. The Kier molecular flexibility index (Phi) is 6.88. The zero-order valence-corrected chi connectivity index (χ0v) is 15.2. The van der Waals surface area contributed by atoms with Crippen LogP contribution in [0.3, 0.4) is 0 Å². The highest BCUT2D eigenvalue weighted by molar-refractivity contribution is 6.01. The van der Waals surface area contributed by atoms with E-state index in [9.17, 15) is 10.1 Å². The summed E-state index contributed by atoms with van der Waals surface area (Å²) in [5, 5.41) is 12.3. The third-order valence-electron chi connectivity index (χ3n) is 4.46. The van der Waals surface area contributed by atoms with E-state index in [1.54, 1.807) is 25.3 Å². The van der Waals surface area contributed by atoms with E-state index in [1.165, 1.54) is 0 Å². The highest BCUT2D eigenvalue weighted by Crippen LogP contribution is 2.30. The number of methoxy groups -OCH3 is 1. The molecule has 0 aliphatic heterocycles. The van der Waals surface area contributed by atoms with Crippen LogP contribution in [-0.4, -0.2) is 25.2 Å². The van der Waals surface area contributed by atoms with E-state index in [0.29, 0.717) is 11.5 Å². The molecular weight excluding hydrogens is 316 g/mol. The van der Waals surface area contributed by atoms with Crippen LogP contribution >= 0.6 is 0 Å². The average molecular weight is 342 g/mol. The molecule has 25 heavy (non-hydrogen) atoms. The first-order chi connectivity index (χ1) is 12.1. The topological polar surface area (TPSA) is 71.3 Å². The lowest BCUT2D eigenvalue weighted by molar-refractivity contribution is -0.117. The number of benzene rings is 1. The molecule has 0 aromatic heterocycles. The molecule has 2 rings (SSSR count). The molecule has 0 spiro atoms. The van der Waals surface area contributed by atoms with Crippen molar-refractivity contribution in [2.45, 2.75) is 58.1 Å². The lowest BCUT2D eigenvalue weighted by Gasteiger charge is -2.16. The summed E-state index contributed by atoms with van der Waals surface area (Å²) in [6.45, 7) is 4.05. The Morgan fingerprint density at radius 3 is 2.72 bits per heavy atom. The Morgan fingerprint density at radius 1 is 1.40 bits per heavy atom. The van der Waals surface area contributed by atoms with E-state index in [1.807, 2.05) is 19.1 Å². The third kappa shape index (κ3) is 5.25. The Morgan fingerprint density at radius 2 is 2.12 bits per heavy atom. The van der Waals surface area contributed by atoms with Crippen LogP contribution in [0.5, 0.6) is 11.5 Å². The van der Waals surface area contributed by atoms with Gasteiger partial charge >= 0.3 is 0 Å². The number of nitriles is 1. The molecule has 134 valence electrons. The predicted molar refractivity (Wildman–Crippen MR) is 97.4 cm³/mol. The van der Waals surface area contributed by atoms with Crippen molar-refractivity contribution in [3.8, 4) is 17.6 Å². The van der Waals surface area contributed by atoms with E-state index < -0.39 is 0 Å². The molecule has 1 aromatic carbocycles. The van der Waals surface area contributed by atoms with Crippen molar-refractivity contribution in [3.63, 3.8) is 0 Å². The van der Waals surface area contributed by atoms with Crippen LogP contribution in [0, 0.1) is 11.3 Å². The Hall–Kier alpha value is -2.48. The number of hydrogen-bond donors (Lipinski definition) is 1. The fourth-order valence-corrected chi connectivity index (χ4v) is 2.82. The van der Waals surface area contributed by atoms with Crippen molar-refractivity contribution in [1.82, 2.24) is 5.32 Å². The van der Waals surface area contributed by atoms with Gasteiger partial charge in [-0.15, -0.1) is 0 Å². The van der Waals surface area contributed by atoms with Gasteiger partial charge in [0.05, 0.1) is 13.2 Å². The Labute approximate surface area is 149 Å². The Bertz CT molecular complexity index is 670. The quantitative estimate of drug-likeness (QED) is 0.604. The molecule has 0 bridgehead atoms. The molecule has 0 unspecified atom stereocenters. The van der Waals surface area contributed by atoms with E-state index in [4.69, 9.17) is 9.47 Å². The molecule has 1 fully saturated rings. The van der Waals surface area contributed by atoms with Gasteiger partial charge in [-0.2, -0.15) is 5.26 Å². The molecule has 5 nitrogen and oxygen atoms in total. The summed E-state index contributed by atoms with van der Waals surface area (Å²) in [4.78, 5) is 12.3. The van der Waals surface area contributed by atoms with Gasteiger partial charge in [-0.3, -0.25) is 4.79 Å². The summed E-state index contributed by atoms with van der Waals surface area (Å²) < 4.78 is 11.2. The normalized spacial score (nSPS) is 16.2. The number of hydrogen-bond acceptors (Lipinski definition) is 4. The van der Waals surface area contributed by atoms with Crippen LogP contribution in [0.25, 0.3) is 6.08 Å². The van der Waals surface area contributed by atoms with Crippen LogP contribution in [0.2, 0.25) is 0 Å². The number of nitrogens with zero attached hydrogens (tertiary/aromatic N) is 1. The van der Waals surface area contributed by atoms with Gasteiger partial charge in [0.1, 0.15) is 11.6 Å². The monoisotopic (exact) mass is 342 g/mol. The summed E-state index contributed by atoms with van der Waals surface area (Å²) in [5.74, 6) is 0.929. The smallest absolute Gasteiger partial charge is 0.262 e. The van der Waals surface area contributed by atoms with Crippen LogP contribution in [0.1, 0.15) is 51.5 Å². The molecule has 1 atom stereocenters. The molecule has 0 radical (unpaired) electrons. The van der Waals surface area contributed by atoms with E-state index in [-0.39, 0.29) is 23.6 Å². The maximum absolute atomic E-state index is 12.3. The van der Waals surface area contributed by atoms with E-state index in [2.05, 4.69) is 12.2 Å². The number of carbonyl (C=O) groups excluding carboxylic acids is 1. The molecule has 0 heterocycles. The zero-order valence-electron chi connectivity index (χ0n) is 15.2. The van der Waals surface area contributed by atoms with E-state index in [0.717, 1.165) is 37.7 Å². The second kappa shape index (κ2) is 9.12. The minimum Gasteiger partial charge on any atom is -0.493 e. The highest BCUT2D eigenvalue weighted by atomic mass is 16.5. The minimum absolute atomic E-state index is 0.0853. The molecule has 1 amide bonds. The SMILES string of the molecule is CC[C@@H](C)Oc1ccc(/C=C(/C#N)C(=O)NC2CCCC2)cc1OC. The van der Waals surface area contributed by atoms with Gasteiger partial charge in [0.2, 0.25) is 0 Å². The molecule has 5 heteroatoms. The zero-order chi connectivity index (χ0) is 18.2. The largest absolute Gasteiger partial charge is 0.493 e. The molecule has 1 saturated carbocycles. The predicted octanol–water partition coefficient (Wildman–Crippen LogP) is 3.84. The lowest BCUT2D eigenvalue weighted by atomic mass is 10.1. The van der Waals surface area contributed by atoms with Crippen molar-refractivity contribution in [2.24, 2.45) is 0 Å². The average Bonchev–Trinajstić information content (AvgIpc) is 3.13. The second-order valence-corrected chi connectivity index (χ2v) is 6.37. The van der Waals surface area contributed by atoms with Gasteiger partial charge in [0.25, 0.3) is 5.91 Å². The van der Waals surface area contributed by atoms with Crippen LogP contribution in [-0.2, 0) is 4.79 Å². The molecular formula is C20H26N2O3. The van der Waals surface area contributed by atoms with Crippen molar-refractivity contribution >= 4 is 12.0 Å². The fourth-order valence-electron chi connectivity index (χ4n) is 2.82. The summed E-state index contributed by atoms with van der Waals surface area (Å²) in [7, 11) is 1.57. The van der Waals surface area contributed by atoms with Crippen molar-refractivity contribution in [2.75, 3.05) is 7.11 Å². The molecule has 1 aliphatic carbocycles. The summed E-state index contributed by atoms with van der Waals surface area (Å²) in [6, 6.07) is 7.58. The van der Waals surface area contributed by atoms with Gasteiger partial charge in [0, 0.05) is 6.04 Å². The number of carbonyl (C=O) groups is 1. The van der Waals surface area contributed by atoms with Crippen molar-refractivity contribution in [1.29, 1.82) is 5.26 Å². The lowest BCUT2D eigenvalue weighted by Crippen LogP contribution is -2.33. The maximum Gasteiger partial charge on any atom is 0.262 e. The van der Waals surface area contributed by atoms with Crippen LogP contribution < -0.4 is 14.8 Å². The molecule has 1 aromatic rings. The molecule has 1 N–H and O–H groups in total. The number of nitrogens with one attached hydrogen (secondary N) is 1. The first-order valence-corrected chi connectivity index (χ1v) is 8.84. The number of amides is 1. The minimum atomic E-state index is -0.312. The summed E-state index contributed by atoms with van der Waals surface area (Å²) in [6.07, 6.45) is 6.79. The first kappa shape index (κ1) is 18.9. The van der Waals surface area contributed by atoms with Gasteiger partial charge < -0.3 is 14.8 Å². The fraction of sp³-hybridized carbons (Fsp3) is 0.500. The van der Waals surface area contributed by atoms with Crippen molar-refractivity contribution < 1.29 is 14.3 Å². The van der Waals surface area contributed by atoms with Crippen LogP contribution in [0.4, 0.5) is 0 Å². The maximum atomic E-state index is 12.3. The number of ether oxygens (including phenoxy) is 2.